The number of fused-ring (bicyclic) bond motifs is 1. The highest BCUT2D eigenvalue weighted by Crippen LogP contribution is 2.35. The number of anilines is 1. The van der Waals surface area contributed by atoms with Gasteiger partial charge in [0.2, 0.25) is 0 Å². The van der Waals surface area contributed by atoms with Crippen molar-refractivity contribution < 1.29 is 33.5 Å². The second-order valence-corrected chi connectivity index (χ2v) is 11.2. The third kappa shape index (κ3) is 9.82. The summed E-state index contributed by atoms with van der Waals surface area (Å²) in [6.07, 6.45) is 2.96. The van der Waals surface area contributed by atoms with Crippen molar-refractivity contribution in [1.29, 1.82) is 0 Å². The second-order valence-electron chi connectivity index (χ2n) is 11.2. The molecule has 0 bridgehead atoms. The van der Waals surface area contributed by atoms with Crippen LogP contribution in [0, 0.1) is 0 Å². The van der Waals surface area contributed by atoms with Gasteiger partial charge in [-0.1, -0.05) is 18.2 Å². The molecule has 2 aliphatic heterocycles. The normalized spacial score (nSPS) is 21.0. The number of unbranched alkanes of at least 4 members (excludes halogenated alkanes) is 1. The molecule has 9 nitrogen and oxygen atoms in total. The summed E-state index contributed by atoms with van der Waals surface area (Å²) in [6, 6.07) is 14.7. The number of benzene rings is 2. The van der Waals surface area contributed by atoms with E-state index in [1.807, 2.05) is 12.1 Å². The molecule has 2 heterocycles. The van der Waals surface area contributed by atoms with Gasteiger partial charge in [0.05, 0.1) is 43.8 Å². The number of aliphatic hydroxyl groups excluding tert-OH is 1. The molecule has 234 valence electrons. The van der Waals surface area contributed by atoms with Crippen molar-refractivity contribution in [3.63, 3.8) is 0 Å². The smallest absolute Gasteiger partial charge is 0.142 e. The number of hydrogen-bond donors (Lipinski definition) is 2. The van der Waals surface area contributed by atoms with Gasteiger partial charge in [0.1, 0.15) is 18.1 Å². The number of ether oxygens (including phenoxy) is 6. The quantitative estimate of drug-likeness (QED) is 0.250. The van der Waals surface area contributed by atoms with E-state index < -0.39 is 6.10 Å². The first-order valence-corrected chi connectivity index (χ1v) is 15.4. The Balaban J connectivity index is 1.44. The largest absolute Gasteiger partial charge is 0.494 e. The van der Waals surface area contributed by atoms with Crippen molar-refractivity contribution in [3.05, 3.63) is 53.6 Å². The Bertz CT molecular complexity index is 1040. The summed E-state index contributed by atoms with van der Waals surface area (Å²) < 4.78 is 35.2. The summed E-state index contributed by atoms with van der Waals surface area (Å²) in [4.78, 5) is 2.37. The molecule has 1 fully saturated rings. The number of hydrogen-bond acceptors (Lipinski definition) is 9. The van der Waals surface area contributed by atoms with Crippen molar-refractivity contribution in [2.45, 2.75) is 63.4 Å². The van der Waals surface area contributed by atoms with Crippen molar-refractivity contribution >= 4 is 5.69 Å². The van der Waals surface area contributed by atoms with E-state index >= 15 is 0 Å². The zero-order valence-corrected chi connectivity index (χ0v) is 25.6. The van der Waals surface area contributed by atoms with Crippen LogP contribution in [-0.2, 0) is 25.6 Å². The van der Waals surface area contributed by atoms with Gasteiger partial charge in [0.15, 0.2) is 0 Å². The monoisotopic (exact) mass is 586 g/mol. The molecular formula is C33H50N2O7. The van der Waals surface area contributed by atoms with Crippen LogP contribution in [0.5, 0.6) is 11.5 Å². The molecular weight excluding hydrogens is 536 g/mol. The van der Waals surface area contributed by atoms with E-state index in [0.29, 0.717) is 32.8 Å². The summed E-state index contributed by atoms with van der Waals surface area (Å²) in [5.41, 5.74) is 3.40. The van der Waals surface area contributed by atoms with Gasteiger partial charge in [0.25, 0.3) is 0 Å². The van der Waals surface area contributed by atoms with E-state index in [1.54, 1.807) is 21.1 Å². The van der Waals surface area contributed by atoms with Crippen LogP contribution in [0.1, 0.15) is 49.7 Å². The zero-order valence-electron chi connectivity index (χ0n) is 25.6. The molecule has 4 atom stereocenters. The van der Waals surface area contributed by atoms with Gasteiger partial charge in [-0.25, -0.2) is 0 Å². The highest BCUT2D eigenvalue weighted by atomic mass is 16.5. The Morgan fingerprint density at radius 1 is 0.929 bits per heavy atom. The third-order valence-electron chi connectivity index (χ3n) is 7.86. The number of nitrogens with one attached hydrogen (secondary N) is 1. The first-order chi connectivity index (χ1) is 20.6. The lowest BCUT2D eigenvalue weighted by Crippen LogP contribution is -2.50. The van der Waals surface area contributed by atoms with Crippen LogP contribution in [0.2, 0.25) is 0 Å². The van der Waals surface area contributed by atoms with E-state index in [9.17, 15) is 5.11 Å². The lowest BCUT2D eigenvalue weighted by Gasteiger charge is -2.39. The molecule has 0 radical (unpaired) electrons. The van der Waals surface area contributed by atoms with Crippen molar-refractivity contribution in [2.24, 2.45) is 0 Å². The van der Waals surface area contributed by atoms with E-state index in [-0.39, 0.29) is 18.1 Å². The summed E-state index contributed by atoms with van der Waals surface area (Å²) in [7, 11) is 3.46. The Morgan fingerprint density at radius 2 is 1.67 bits per heavy atom. The molecule has 9 heteroatoms. The molecule has 1 saturated heterocycles. The predicted octanol–water partition coefficient (Wildman–Crippen LogP) is 4.16. The minimum Gasteiger partial charge on any atom is -0.494 e. The molecule has 0 aromatic heterocycles. The Kier molecular flexibility index (Phi) is 13.7. The Morgan fingerprint density at radius 3 is 2.43 bits per heavy atom. The molecule has 0 saturated carbocycles. The van der Waals surface area contributed by atoms with Crippen LogP contribution in [0.3, 0.4) is 0 Å². The van der Waals surface area contributed by atoms with Crippen LogP contribution in [-0.4, -0.2) is 96.9 Å². The van der Waals surface area contributed by atoms with Crippen LogP contribution in [0.15, 0.2) is 42.5 Å². The lowest BCUT2D eigenvalue weighted by atomic mass is 9.85. The van der Waals surface area contributed by atoms with Crippen molar-refractivity contribution in [3.8, 4) is 11.5 Å². The molecule has 0 spiro atoms. The maximum atomic E-state index is 9.78. The number of methoxy groups -OCH3 is 2. The van der Waals surface area contributed by atoms with E-state index in [4.69, 9.17) is 28.4 Å². The fraction of sp³-hybridized carbons (Fsp3) is 0.636. The maximum absolute atomic E-state index is 9.78. The number of piperidine rings is 1. The van der Waals surface area contributed by atoms with Gasteiger partial charge in [-0.2, -0.15) is 0 Å². The molecule has 4 rings (SSSR count). The van der Waals surface area contributed by atoms with E-state index in [0.717, 1.165) is 81.4 Å². The summed E-state index contributed by atoms with van der Waals surface area (Å²) in [6.45, 7) is 8.91. The molecule has 0 aliphatic carbocycles. The topological polar surface area (TPSA) is 90.9 Å². The summed E-state index contributed by atoms with van der Waals surface area (Å²) in [5, 5.41) is 13.3. The first kappa shape index (κ1) is 32.5. The Labute approximate surface area is 251 Å². The van der Waals surface area contributed by atoms with Gasteiger partial charge < -0.3 is 43.7 Å². The molecule has 0 unspecified atom stereocenters. The third-order valence-corrected chi connectivity index (χ3v) is 7.86. The Hall–Kier alpha value is -2.40. The van der Waals surface area contributed by atoms with Crippen LogP contribution < -0.4 is 19.7 Å². The number of rotatable bonds is 18. The van der Waals surface area contributed by atoms with Gasteiger partial charge in [-0.3, -0.25) is 0 Å². The van der Waals surface area contributed by atoms with Gasteiger partial charge >= 0.3 is 0 Å². The minimum absolute atomic E-state index is 0.0440. The first-order valence-electron chi connectivity index (χ1n) is 15.4. The molecule has 2 aromatic carbocycles. The van der Waals surface area contributed by atoms with E-state index in [2.05, 4.69) is 40.5 Å². The highest BCUT2D eigenvalue weighted by molar-refractivity contribution is 5.61. The average Bonchev–Trinajstić information content (AvgIpc) is 3.00. The summed E-state index contributed by atoms with van der Waals surface area (Å²) >= 11 is 0. The highest BCUT2D eigenvalue weighted by Gasteiger charge is 2.36. The predicted molar refractivity (Wildman–Crippen MR) is 164 cm³/mol. The molecule has 0 amide bonds. The van der Waals surface area contributed by atoms with Crippen molar-refractivity contribution in [2.75, 3.05) is 78.3 Å². The standard InChI is InChI=1S/C33H50N2O7/c1-25(36)13-19-40-31-22-34-23-32(33(31)27-8-10-28(11-9-27)39-18-5-4-16-37-2)42-24-26-7-12-30-29(21-26)35(15-20-41-30)14-6-17-38-3/h7-12,21,25,31-34,36H,4-6,13-20,22-24H2,1-3H3/t25-,31+,32-,33-/m0/s1. The lowest BCUT2D eigenvalue weighted by molar-refractivity contribution is -0.0639. The fourth-order valence-electron chi connectivity index (χ4n) is 5.57. The number of aliphatic hydroxyl groups is 1. The molecule has 2 aliphatic rings. The maximum Gasteiger partial charge on any atom is 0.142 e. The van der Waals surface area contributed by atoms with Crippen LogP contribution in [0.4, 0.5) is 5.69 Å². The zero-order chi connectivity index (χ0) is 29.6. The van der Waals surface area contributed by atoms with Crippen LogP contribution >= 0.6 is 0 Å². The van der Waals surface area contributed by atoms with Gasteiger partial charge in [-0.05, 0) is 68.0 Å². The average molecular weight is 587 g/mol. The molecule has 2 aromatic rings. The summed E-state index contributed by atoms with van der Waals surface area (Å²) in [5.74, 6) is 1.83. The molecule has 42 heavy (non-hydrogen) atoms. The number of nitrogens with zero attached hydrogens (tertiary/aromatic N) is 1. The van der Waals surface area contributed by atoms with Gasteiger partial charge in [-0.15, -0.1) is 0 Å². The van der Waals surface area contributed by atoms with Crippen molar-refractivity contribution in [1.82, 2.24) is 5.32 Å². The second kappa shape index (κ2) is 17.7. The van der Waals surface area contributed by atoms with E-state index in [1.165, 1.54) is 5.56 Å². The minimum atomic E-state index is -0.394. The van der Waals surface area contributed by atoms with Gasteiger partial charge in [0, 0.05) is 59.6 Å². The van der Waals surface area contributed by atoms with Crippen LogP contribution in [0.25, 0.3) is 0 Å². The fourth-order valence-corrected chi connectivity index (χ4v) is 5.57. The molecule has 2 N–H and O–H groups in total. The SMILES string of the molecule is COCCCCOc1ccc([C@@H]2[C@@H](OCc3ccc4c(c3)N(CCCOC)CCO4)CNC[C@H]2OCC[C@H](C)O)cc1.